The van der Waals surface area contributed by atoms with E-state index in [9.17, 15) is 4.79 Å². The second-order valence-corrected chi connectivity index (χ2v) is 5.77. The van der Waals surface area contributed by atoms with Crippen molar-refractivity contribution in [2.24, 2.45) is 11.7 Å². The molecule has 0 aromatic rings. The van der Waals surface area contributed by atoms with E-state index in [0.717, 1.165) is 39.0 Å². The van der Waals surface area contributed by atoms with E-state index in [0.29, 0.717) is 23.9 Å². The van der Waals surface area contributed by atoms with Gasteiger partial charge in [-0.2, -0.15) is 0 Å². The predicted octanol–water partition coefficient (Wildman–Crippen LogP) is 0.420. The first kappa shape index (κ1) is 11.5. The molecule has 3 unspecified atom stereocenters. The van der Waals surface area contributed by atoms with Crippen LogP contribution < -0.4 is 5.73 Å². The first-order chi connectivity index (χ1) is 8.29. The van der Waals surface area contributed by atoms with Gasteiger partial charge in [0, 0.05) is 38.1 Å². The second-order valence-electron chi connectivity index (χ2n) is 5.77. The molecule has 2 saturated heterocycles. The quantitative estimate of drug-likeness (QED) is 0.757. The minimum atomic E-state index is 0.372. The van der Waals surface area contributed by atoms with Crippen molar-refractivity contribution >= 4 is 5.91 Å². The van der Waals surface area contributed by atoms with Crippen LogP contribution in [-0.4, -0.2) is 54.0 Å². The molecule has 4 heteroatoms. The van der Waals surface area contributed by atoms with Gasteiger partial charge in [-0.25, -0.2) is 0 Å². The van der Waals surface area contributed by atoms with E-state index in [2.05, 4.69) is 9.80 Å². The number of rotatable bonds is 2. The van der Waals surface area contributed by atoms with E-state index in [1.54, 1.807) is 0 Å². The predicted molar refractivity (Wildman–Crippen MR) is 66.5 cm³/mol. The van der Waals surface area contributed by atoms with Gasteiger partial charge in [0.1, 0.15) is 0 Å². The van der Waals surface area contributed by atoms with Crippen LogP contribution in [0, 0.1) is 5.92 Å². The van der Waals surface area contributed by atoms with E-state index in [4.69, 9.17) is 5.73 Å². The smallest absolute Gasteiger partial charge is 0.222 e. The fraction of sp³-hybridized carbons (Fsp3) is 0.923. The fourth-order valence-corrected chi connectivity index (χ4v) is 3.96. The van der Waals surface area contributed by atoms with Crippen molar-refractivity contribution in [2.75, 3.05) is 26.2 Å². The third-order valence-corrected chi connectivity index (χ3v) is 4.92. The van der Waals surface area contributed by atoms with Gasteiger partial charge in [0.2, 0.25) is 5.91 Å². The highest BCUT2D eigenvalue weighted by Crippen LogP contribution is 2.32. The minimum absolute atomic E-state index is 0.372. The van der Waals surface area contributed by atoms with E-state index in [1.807, 2.05) is 0 Å². The lowest BCUT2D eigenvalue weighted by atomic mass is 10.0. The largest absolute Gasteiger partial charge is 0.337 e. The monoisotopic (exact) mass is 237 g/mol. The molecule has 17 heavy (non-hydrogen) atoms. The highest BCUT2D eigenvalue weighted by atomic mass is 16.2. The maximum absolute atomic E-state index is 11.6. The summed E-state index contributed by atoms with van der Waals surface area (Å²) in [5.41, 5.74) is 5.87. The fourth-order valence-electron chi connectivity index (χ4n) is 3.96. The molecule has 0 aromatic heterocycles. The maximum atomic E-state index is 11.6. The van der Waals surface area contributed by atoms with Crippen LogP contribution in [0.5, 0.6) is 0 Å². The molecular formula is C13H23N3O. The molecule has 3 rings (SSSR count). The van der Waals surface area contributed by atoms with Crippen molar-refractivity contribution in [3.63, 3.8) is 0 Å². The van der Waals surface area contributed by atoms with Gasteiger partial charge in [-0.3, -0.25) is 9.69 Å². The number of carbonyl (C=O) groups excluding carboxylic acids is 1. The Morgan fingerprint density at radius 2 is 2.12 bits per heavy atom. The zero-order valence-electron chi connectivity index (χ0n) is 10.5. The van der Waals surface area contributed by atoms with Crippen molar-refractivity contribution in [1.82, 2.24) is 9.80 Å². The van der Waals surface area contributed by atoms with Gasteiger partial charge >= 0.3 is 0 Å². The molecule has 96 valence electrons. The Morgan fingerprint density at radius 3 is 2.94 bits per heavy atom. The normalized spacial score (nSPS) is 38.8. The Kier molecular flexibility index (Phi) is 3.09. The summed E-state index contributed by atoms with van der Waals surface area (Å²) >= 11 is 0. The standard InChI is InChI=1S/C13H23N3O/c14-8-10-2-1-3-12(10)15-6-7-16-11(9-15)4-5-13(16)17/h10-12H,1-9,14H2. The first-order valence-corrected chi connectivity index (χ1v) is 7.03. The van der Waals surface area contributed by atoms with Crippen LogP contribution in [0.25, 0.3) is 0 Å². The number of nitrogens with two attached hydrogens (primary N) is 1. The van der Waals surface area contributed by atoms with Gasteiger partial charge in [0.25, 0.3) is 0 Å². The first-order valence-electron chi connectivity index (χ1n) is 7.03. The van der Waals surface area contributed by atoms with Crippen LogP contribution >= 0.6 is 0 Å². The van der Waals surface area contributed by atoms with Gasteiger partial charge < -0.3 is 10.6 Å². The van der Waals surface area contributed by atoms with Crippen LogP contribution in [-0.2, 0) is 4.79 Å². The number of nitrogens with zero attached hydrogens (tertiary/aromatic N) is 2. The summed E-state index contributed by atoms with van der Waals surface area (Å²) < 4.78 is 0. The molecule has 0 radical (unpaired) electrons. The van der Waals surface area contributed by atoms with Crippen molar-refractivity contribution in [1.29, 1.82) is 0 Å². The highest BCUT2D eigenvalue weighted by molar-refractivity contribution is 5.78. The molecule has 3 fully saturated rings. The number of piperazine rings is 1. The third kappa shape index (κ3) is 1.97. The van der Waals surface area contributed by atoms with Gasteiger partial charge in [-0.1, -0.05) is 6.42 Å². The molecule has 0 spiro atoms. The van der Waals surface area contributed by atoms with Crippen LogP contribution in [0.15, 0.2) is 0 Å². The maximum Gasteiger partial charge on any atom is 0.222 e. The summed E-state index contributed by atoms with van der Waals surface area (Å²) in [7, 11) is 0. The van der Waals surface area contributed by atoms with Crippen molar-refractivity contribution in [3.05, 3.63) is 0 Å². The zero-order chi connectivity index (χ0) is 11.8. The summed E-state index contributed by atoms with van der Waals surface area (Å²) in [4.78, 5) is 16.4. The number of fused-ring (bicyclic) bond motifs is 1. The topological polar surface area (TPSA) is 49.6 Å². The van der Waals surface area contributed by atoms with E-state index in [1.165, 1.54) is 19.3 Å². The highest BCUT2D eigenvalue weighted by Gasteiger charge is 2.39. The molecule has 0 bridgehead atoms. The number of hydrogen-bond acceptors (Lipinski definition) is 3. The number of amides is 1. The number of carbonyl (C=O) groups is 1. The molecule has 2 heterocycles. The lowest BCUT2D eigenvalue weighted by Crippen LogP contribution is -2.55. The van der Waals surface area contributed by atoms with E-state index < -0.39 is 0 Å². The SMILES string of the molecule is NCC1CCCC1N1CCN2C(=O)CCC2C1. The molecule has 1 aliphatic carbocycles. The molecule has 2 N–H and O–H groups in total. The van der Waals surface area contributed by atoms with Gasteiger partial charge in [0.05, 0.1) is 0 Å². The van der Waals surface area contributed by atoms with Crippen molar-refractivity contribution in [2.45, 2.75) is 44.2 Å². The van der Waals surface area contributed by atoms with E-state index >= 15 is 0 Å². The zero-order valence-corrected chi connectivity index (χ0v) is 10.5. The Bertz CT molecular complexity index is 307. The Morgan fingerprint density at radius 1 is 1.24 bits per heavy atom. The van der Waals surface area contributed by atoms with E-state index in [-0.39, 0.29) is 0 Å². The van der Waals surface area contributed by atoms with Crippen LogP contribution in [0.3, 0.4) is 0 Å². The number of hydrogen-bond donors (Lipinski definition) is 1. The average Bonchev–Trinajstić information content (AvgIpc) is 2.96. The Balaban J connectivity index is 1.65. The van der Waals surface area contributed by atoms with Crippen LogP contribution in [0.2, 0.25) is 0 Å². The summed E-state index contributed by atoms with van der Waals surface area (Å²) in [6, 6.07) is 1.19. The lowest BCUT2D eigenvalue weighted by Gasteiger charge is -2.42. The van der Waals surface area contributed by atoms with Crippen LogP contribution in [0.4, 0.5) is 0 Å². The van der Waals surface area contributed by atoms with Gasteiger partial charge in [-0.05, 0) is 31.7 Å². The molecule has 0 aromatic carbocycles. The van der Waals surface area contributed by atoms with Gasteiger partial charge in [-0.15, -0.1) is 0 Å². The summed E-state index contributed by atoms with van der Waals surface area (Å²) in [5, 5.41) is 0. The molecule has 3 aliphatic rings. The minimum Gasteiger partial charge on any atom is -0.337 e. The molecule has 1 amide bonds. The summed E-state index contributed by atoms with van der Waals surface area (Å²) in [6.45, 7) is 3.92. The van der Waals surface area contributed by atoms with Crippen LogP contribution in [0.1, 0.15) is 32.1 Å². The summed E-state index contributed by atoms with van der Waals surface area (Å²) in [6.07, 6.45) is 5.77. The molecular weight excluding hydrogens is 214 g/mol. The third-order valence-electron chi connectivity index (χ3n) is 4.92. The van der Waals surface area contributed by atoms with Crippen molar-refractivity contribution in [3.8, 4) is 0 Å². The molecule has 3 atom stereocenters. The Labute approximate surface area is 103 Å². The van der Waals surface area contributed by atoms with Gasteiger partial charge in [0.15, 0.2) is 0 Å². The Hall–Kier alpha value is -0.610. The lowest BCUT2D eigenvalue weighted by molar-refractivity contribution is -0.131. The summed E-state index contributed by atoms with van der Waals surface area (Å²) in [5.74, 6) is 1.06. The second kappa shape index (κ2) is 4.58. The molecule has 4 nitrogen and oxygen atoms in total. The van der Waals surface area contributed by atoms with Crippen molar-refractivity contribution < 1.29 is 4.79 Å². The molecule has 1 saturated carbocycles. The average molecular weight is 237 g/mol. The molecule has 2 aliphatic heterocycles.